The van der Waals surface area contributed by atoms with Gasteiger partial charge in [0, 0.05) is 5.39 Å². The summed E-state index contributed by atoms with van der Waals surface area (Å²) < 4.78 is 5.73. The summed E-state index contributed by atoms with van der Waals surface area (Å²) in [6, 6.07) is 19.3. The van der Waals surface area contributed by atoms with Crippen molar-refractivity contribution in [2.75, 3.05) is 0 Å². The lowest BCUT2D eigenvalue weighted by Gasteiger charge is -2.08. The van der Waals surface area contributed by atoms with Crippen molar-refractivity contribution in [1.29, 1.82) is 5.26 Å². The summed E-state index contributed by atoms with van der Waals surface area (Å²) in [7, 11) is 0. The number of fused-ring (bicyclic) bond motifs is 1. The SMILES string of the molecule is Cc1ccc(Oc2nc3ccccc3cc2C#N)cc1. The van der Waals surface area contributed by atoms with E-state index in [-0.39, 0.29) is 0 Å². The van der Waals surface area contributed by atoms with E-state index >= 15 is 0 Å². The van der Waals surface area contributed by atoms with Gasteiger partial charge in [0.1, 0.15) is 17.4 Å². The van der Waals surface area contributed by atoms with Crippen LogP contribution in [0, 0.1) is 18.3 Å². The van der Waals surface area contributed by atoms with Gasteiger partial charge in [0.25, 0.3) is 0 Å². The average molecular weight is 260 g/mol. The molecule has 3 aromatic rings. The van der Waals surface area contributed by atoms with E-state index in [1.165, 1.54) is 0 Å². The van der Waals surface area contributed by atoms with Crippen molar-refractivity contribution in [3.63, 3.8) is 0 Å². The van der Waals surface area contributed by atoms with Gasteiger partial charge in [-0.05, 0) is 31.2 Å². The first-order valence-electron chi connectivity index (χ1n) is 6.31. The van der Waals surface area contributed by atoms with Crippen molar-refractivity contribution in [2.24, 2.45) is 0 Å². The van der Waals surface area contributed by atoms with E-state index in [9.17, 15) is 5.26 Å². The van der Waals surface area contributed by atoms with Crippen LogP contribution >= 0.6 is 0 Å². The number of nitrogens with zero attached hydrogens (tertiary/aromatic N) is 2. The van der Waals surface area contributed by atoms with Crippen LogP contribution in [0.15, 0.2) is 54.6 Å². The molecule has 0 saturated heterocycles. The molecule has 0 unspecified atom stereocenters. The molecule has 0 amide bonds. The van der Waals surface area contributed by atoms with Gasteiger partial charge in [0.15, 0.2) is 0 Å². The van der Waals surface area contributed by atoms with Gasteiger partial charge < -0.3 is 4.74 Å². The minimum atomic E-state index is 0.343. The Kier molecular flexibility index (Phi) is 3.06. The second kappa shape index (κ2) is 5.02. The lowest BCUT2D eigenvalue weighted by Crippen LogP contribution is -1.93. The molecule has 0 radical (unpaired) electrons. The monoisotopic (exact) mass is 260 g/mol. The summed E-state index contributed by atoms with van der Waals surface area (Å²) >= 11 is 0. The number of benzene rings is 2. The smallest absolute Gasteiger partial charge is 0.237 e. The van der Waals surface area contributed by atoms with Crippen LogP contribution in [0.3, 0.4) is 0 Å². The Balaban J connectivity index is 2.06. The minimum Gasteiger partial charge on any atom is -0.438 e. The van der Waals surface area contributed by atoms with Crippen LogP contribution in [0.2, 0.25) is 0 Å². The Morgan fingerprint density at radius 2 is 1.80 bits per heavy atom. The second-order valence-corrected chi connectivity index (χ2v) is 4.56. The normalized spacial score (nSPS) is 10.2. The summed E-state index contributed by atoms with van der Waals surface area (Å²) in [5.74, 6) is 1.02. The molecule has 1 aromatic heterocycles. The number of aryl methyl sites for hydroxylation is 1. The highest BCUT2D eigenvalue weighted by molar-refractivity contribution is 5.80. The molecule has 96 valence electrons. The Bertz CT molecular complexity index is 801. The molecule has 0 aliphatic heterocycles. The summed E-state index contributed by atoms with van der Waals surface area (Å²) in [6.45, 7) is 2.01. The molecule has 3 rings (SSSR count). The molecule has 0 bridgehead atoms. The first-order chi connectivity index (χ1) is 9.76. The van der Waals surface area contributed by atoms with Crippen LogP contribution in [0.1, 0.15) is 11.1 Å². The Morgan fingerprint density at radius 1 is 1.05 bits per heavy atom. The fourth-order valence-electron chi connectivity index (χ4n) is 1.97. The largest absolute Gasteiger partial charge is 0.438 e. The quantitative estimate of drug-likeness (QED) is 0.693. The van der Waals surface area contributed by atoms with E-state index in [0.29, 0.717) is 17.2 Å². The van der Waals surface area contributed by atoms with Crippen LogP contribution in [0.5, 0.6) is 11.6 Å². The topological polar surface area (TPSA) is 45.9 Å². The van der Waals surface area contributed by atoms with E-state index < -0.39 is 0 Å². The van der Waals surface area contributed by atoms with Crippen molar-refractivity contribution < 1.29 is 4.74 Å². The van der Waals surface area contributed by atoms with Gasteiger partial charge in [-0.15, -0.1) is 0 Å². The highest BCUT2D eigenvalue weighted by atomic mass is 16.5. The van der Waals surface area contributed by atoms with Crippen LogP contribution in [0.4, 0.5) is 0 Å². The fraction of sp³-hybridized carbons (Fsp3) is 0.0588. The van der Waals surface area contributed by atoms with Crippen molar-refractivity contribution >= 4 is 10.9 Å². The maximum absolute atomic E-state index is 9.23. The average Bonchev–Trinajstić information content (AvgIpc) is 2.49. The molecule has 0 saturated carbocycles. The summed E-state index contributed by atoms with van der Waals surface area (Å²) in [5.41, 5.74) is 2.40. The zero-order chi connectivity index (χ0) is 13.9. The van der Waals surface area contributed by atoms with Crippen LogP contribution in [-0.4, -0.2) is 4.98 Å². The first-order valence-corrected chi connectivity index (χ1v) is 6.31. The molecule has 0 fully saturated rings. The molecule has 0 atom stereocenters. The predicted molar refractivity (Wildman–Crippen MR) is 77.7 cm³/mol. The molecule has 3 heteroatoms. The Hall–Kier alpha value is -2.86. The van der Waals surface area contributed by atoms with Gasteiger partial charge in [-0.2, -0.15) is 5.26 Å². The molecule has 0 aliphatic rings. The Morgan fingerprint density at radius 3 is 2.55 bits per heavy atom. The maximum atomic E-state index is 9.23. The third kappa shape index (κ3) is 2.32. The third-order valence-corrected chi connectivity index (χ3v) is 3.04. The van der Waals surface area contributed by atoms with E-state index in [4.69, 9.17) is 4.74 Å². The highest BCUT2D eigenvalue weighted by Gasteiger charge is 2.08. The van der Waals surface area contributed by atoms with E-state index in [1.54, 1.807) is 6.07 Å². The van der Waals surface area contributed by atoms with Crippen LogP contribution in [-0.2, 0) is 0 Å². The highest BCUT2D eigenvalue weighted by Crippen LogP contribution is 2.26. The zero-order valence-electron chi connectivity index (χ0n) is 11.0. The minimum absolute atomic E-state index is 0.343. The van der Waals surface area contributed by atoms with Gasteiger partial charge >= 0.3 is 0 Å². The number of rotatable bonds is 2. The molecule has 2 aromatic carbocycles. The molecular weight excluding hydrogens is 248 g/mol. The zero-order valence-corrected chi connectivity index (χ0v) is 11.0. The van der Waals surface area contributed by atoms with E-state index in [0.717, 1.165) is 16.5 Å². The van der Waals surface area contributed by atoms with Crippen molar-refractivity contribution in [3.05, 3.63) is 65.7 Å². The third-order valence-electron chi connectivity index (χ3n) is 3.04. The maximum Gasteiger partial charge on any atom is 0.237 e. The number of para-hydroxylation sites is 1. The van der Waals surface area contributed by atoms with Crippen molar-refractivity contribution in [1.82, 2.24) is 4.98 Å². The number of hydrogen-bond acceptors (Lipinski definition) is 3. The summed E-state index contributed by atoms with van der Waals surface area (Å²) in [5, 5.41) is 10.2. The van der Waals surface area contributed by atoms with Gasteiger partial charge in [0.2, 0.25) is 5.88 Å². The fourth-order valence-corrected chi connectivity index (χ4v) is 1.97. The molecule has 1 heterocycles. The second-order valence-electron chi connectivity index (χ2n) is 4.56. The lowest BCUT2D eigenvalue weighted by molar-refractivity contribution is 0.463. The van der Waals surface area contributed by atoms with Gasteiger partial charge in [0.05, 0.1) is 5.52 Å². The van der Waals surface area contributed by atoms with E-state index in [2.05, 4.69) is 11.1 Å². The van der Waals surface area contributed by atoms with Crippen LogP contribution in [0.25, 0.3) is 10.9 Å². The predicted octanol–water partition coefficient (Wildman–Crippen LogP) is 4.21. The molecule has 0 spiro atoms. The van der Waals surface area contributed by atoms with E-state index in [1.807, 2.05) is 55.5 Å². The van der Waals surface area contributed by atoms with Gasteiger partial charge in [-0.1, -0.05) is 35.9 Å². The van der Waals surface area contributed by atoms with Crippen LogP contribution < -0.4 is 4.74 Å². The summed E-state index contributed by atoms with van der Waals surface area (Å²) in [4.78, 5) is 4.42. The molecular formula is C17H12N2O. The number of aromatic nitrogens is 1. The molecule has 0 aliphatic carbocycles. The van der Waals surface area contributed by atoms with Gasteiger partial charge in [-0.25, -0.2) is 4.98 Å². The van der Waals surface area contributed by atoms with Gasteiger partial charge in [-0.3, -0.25) is 0 Å². The standard InChI is InChI=1S/C17H12N2O/c1-12-6-8-15(9-7-12)20-17-14(11-18)10-13-4-2-3-5-16(13)19-17/h2-10H,1H3. The molecule has 20 heavy (non-hydrogen) atoms. The van der Waals surface area contributed by atoms with Crippen molar-refractivity contribution in [3.8, 4) is 17.7 Å². The molecule has 0 N–H and O–H groups in total. The Labute approximate surface area is 117 Å². The van der Waals surface area contributed by atoms with Crippen molar-refractivity contribution in [2.45, 2.75) is 6.92 Å². The number of hydrogen-bond donors (Lipinski definition) is 0. The lowest BCUT2D eigenvalue weighted by atomic mass is 10.1. The molecule has 3 nitrogen and oxygen atoms in total. The first kappa shape index (κ1) is 12.2. The number of pyridine rings is 1. The number of nitriles is 1. The number of ether oxygens (including phenoxy) is 1. The summed E-state index contributed by atoms with van der Waals surface area (Å²) in [6.07, 6.45) is 0.